The third-order valence-corrected chi connectivity index (χ3v) is 8.46. The molecule has 1 N–H and O–H groups in total. The van der Waals surface area contributed by atoms with Crippen molar-refractivity contribution in [2.75, 3.05) is 16.8 Å². The Kier molecular flexibility index (Phi) is 3.88. The number of nitrogens with zero attached hydrogens (tertiary/aromatic N) is 2. The van der Waals surface area contributed by atoms with Crippen molar-refractivity contribution in [2.45, 2.75) is 38.3 Å². The minimum absolute atomic E-state index is 0.104. The molecule has 3 saturated heterocycles. The van der Waals surface area contributed by atoms with E-state index < -0.39 is 17.4 Å². The number of aryl methyl sites for hydroxylation is 1. The van der Waals surface area contributed by atoms with Crippen LogP contribution < -0.4 is 10.2 Å². The van der Waals surface area contributed by atoms with E-state index in [9.17, 15) is 14.4 Å². The summed E-state index contributed by atoms with van der Waals surface area (Å²) in [7, 11) is 0. The lowest BCUT2D eigenvalue weighted by molar-refractivity contribution is -0.135. The molecule has 158 valence electrons. The van der Waals surface area contributed by atoms with Crippen molar-refractivity contribution >= 4 is 45.0 Å². The second kappa shape index (κ2) is 6.26. The molecular weight excluding hydrogens is 458 g/mol. The topological polar surface area (TPSA) is 69.7 Å². The van der Waals surface area contributed by atoms with E-state index in [1.807, 2.05) is 44.2 Å². The number of amides is 3. The van der Waals surface area contributed by atoms with Gasteiger partial charge in [0.2, 0.25) is 17.7 Å². The smallest absolute Gasteiger partial charge is 0.250 e. The fourth-order valence-electron chi connectivity index (χ4n) is 6.39. The van der Waals surface area contributed by atoms with E-state index >= 15 is 0 Å². The first kappa shape index (κ1) is 19.2. The summed E-state index contributed by atoms with van der Waals surface area (Å²) in [6.07, 6.45) is 1.73. The second-order valence-electron chi connectivity index (χ2n) is 9.02. The van der Waals surface area contributed by atoms with E-state index in [1.165, 1.54) is 4.90 Å². The Bertz CT molecular complexity index is 1190. The molecule has 3 fully saturated rings. The highest BCUT2D eigenvalue weighted by Gasteiger charge is 2.74. The lowest BCUT2D eigenvalue weighted by atomic mass is 9.75. The number of imide groups is 1. The van der Waals surface area contributed by atoms with Crippen molar-refractivity contribution in [3.8, 4) is 0 Å². The number of benzene rings is 2. The summed E-state index contributed by atoms with van der Waals surface area (Å²) in [6, 6.07) is 11.2. The van der Waals surface area contributed by atoms with Crippen LogP contribution in [0.15, 0.2) is 40.9 Å². The summed E-state index contributed by atoms with van der Waals surface area (Å²) in [5.41, 5.74) is 3.17. The molecule has 4 atom stereocenters. The predicted octanol–water partition coefficient (Wildman–Crippen LogP) is 3.50. The molecule has 7 heteroatoms. The number of carbonyl (C=O) groups excluding carboxylic acids is 3. The van der Waals surface area contributed by atoms with Crippen LogP contribution in [-0.2, 0) is 19.9 Å². The maximum atomic E-state index is 13.9. The highest BCUT2D eigenvalue weighted by Crippen LogP contribution is 2.61. The molecule has 4 aliphatic rings. The number of hydrogen-bond donors (Lipinski definition) is 1. The van der Waals surface area contributed by atoms with Crippen molar-refractivity contribution in [1.29, 1.82) is 0 Å². The minimum atomic E-state index is -1.12. The van der Waals surface area contributed by atoms with E-state index in [1.54, 1.807) is 6.07 Å². The standard InChI is InChI=1S/C24H22BrN3O3/c1-12-9-10-14-20(13(12)2)26-23(31)24(14)19-18(17-8-5-11-27(17)24)21(29)28(22(19)30)16-7-4-3-6-15(16)25/h3-4,6-7,9-10,17-19H,5,8,11H2,1-2H3,(H,26,31). The molecule has 31 heavy (non-hydrogen) atoms. The second-order valence-corrected chi connectivity index (χ2v) is 9.87. The summed E-state index contributed by atoms with van der Waals surface area (Å²) < 4.78 is 0.691. The highest BCUT2D eigenvalue weighted by atomic mass is 79.9. The van der Waals surface area contributed by atoms with Crippen LogP contribution in [0.2, 0.25) is 0 Å². The van der Waals surface area contributed by atoms with E-state index in [-0.39, 0.29) is 23.8 Å². The van der Waals surface area contributed by atoms with Crippen molar-refractivity contribution in [1.82, 2.24) is 4.90 Å². The largest absolute Gasteiger partial charge is 0.324 e. The van der Waals surface area contributed by atoms with Crippen LogP contribution in [-0.4, -0.2) is 35.2 Å². The first-order chi connectivity index (χ1) is 14.9. The number of halogens is 1. The third kappa shape index (κ3) is 2.13. The Morgan fingerprint density at radius 2 is 1.84 bits per heavy atom. The zero-order chi connectivity index (χ0) is 21.7. The van der Waals surface area contributed by atoms with E-state index in [4.69, 9.17) is 0 Å². The number of rotatable bonds is 1. The van der Waals surface area contributed by atoms with Gasteiger partial charge in [-0.15, -0.1) is 0 Å². The molecule has 3 amide bonds. The van der Waals surface area contributed by atoms with Crippen molar-refractivity contribution in [3.63, 3.8) is 0 Å². The minimum Gasteiger partial charge on any atom is -0.324 e. The zero-order valence-electron chi connectivity index (χ0n) is 17.3. The van der Waals surface area contributed by atoms with Gasteiger partial charge in [0.05, 0.1) is 17.5 Å². The summed E-state index contributed by atoms with van der Waals surface area (Å²) >= 11 is 3.49. The molecule has 0 aromatic heterocycles. The summed E-state index contributed by atoms with van der Waals surface area (Å²) in [5, 5.41) is 3.09. The Morgan fingerprint density at radius 3 is 2.61 bits per heavy atom. The van der Waals surface area contributed by atoms with Crippen molar-refractivity contribution < 1.29 is 14.4 Å². The Balaban J connectivity index is 1.59. The molecular formula is C24H22BrN3O3. The normalized spacial score (nSPS) is 31.4. The summed E-state index contributed by atoms with van der Waals surface area (Å²) in [6.45, 7) is 4.73. The molecule has 0 radical (unpaired) electrons. The predicted molar refractivity (Wildman–Crippen MR) is 120 cm³/mol. The number of anilines is 2. The van der Waals surface area contributed by atoms with Crippen LogP contribution in [0.4, 0.5) is 11.4 Å². The molecule has 4 aliphatic heterocycles. The van der Waals surface area contributed by atoms with Crippen LogP contribution in [0.1, 0.15) is 29.5 Å². The monoisotopic (exact) mass is 479 g/mol. The Hall–Kier alpha value is -2.51. The van der Waals surface area contributed by atoms with E-state index in [0.29, 0.717) is 16.7 Å². The van der Waals surface area contributed by atoms with Crippen LogP contribution in [0.25, 0.3) is 0 Å². The lowest BCUT2D eigenvalue weighted by Gasteiger charge is -2.36. The van der Waals surface area contributed by atoms with Gasteiger partial charge in [0.15, 0.2) is 0 Å². The Labute approximate surface area is 188 Å². The number of nitrogens with one attached hydrogen (secondary N) is 1. The van der Waals surface area contributed by atoms with E-state index in [2.05, 4.69) is 26.1 Å². The maximum absolute atomic E-state index is 13.9. The van der Waals surface area contributed by atoms with Crippen molar-refractivity contribution in [3.05, 3.63) is 57.6 Å². The summed E-state index contributed by atoms with van der Waals surface area (Å²) in [4.78, 5) is 44.8. The highest BCUT2D eigenvalue weighted by molar-refractivity contribution is 9.10. The molecule has 0 bridgehead atoms. The van der Waals surface area contributed by atoms with Gasteiger partial charge in [0, 0.05) is 21.8 Å². The quantitative estimate of drug-likeness (QED) is 0.635. The molecule has 2 aromatic carbocycles. The molecule has 2 aromatic rings. The molecule has 0 saturated carbocycles. The first-order valence-electron chi connectivity index (χ1n) is 10.7. The van der Waals surface area contributed by atoms with Gasteiger partial charge in [0.25, 0.3) is 0 Å². The number of para-hydroxylation sites is 1. The average Bonchev–Trinajstić information content (AvgIpc) is 3.45. The molecule has 1 spiro atoms. The number of hydrogen-bond acceptors (Lipinski definition) is 4. The van der Waals surface area contributed by atoms with Crippen LogP contribution >= 0.6 is 15.9 Å². The summed E-state index contributed by atoms with van der Waals surface area (Å²) in [5.74, 6) is -1.88. The van der Waals surface area contributed by atoms with Gasteiger partial charge in [-0.1, -0.05) is 24.3 Å². The van der Waals surface area contributed by atoms with Crippen LogP contribution in [0.5, 0.6) is 0 Å². The lowest BCUT2D eigenvalue weighted by Crippen LogP contribution is -2.54. The van der Waals surface area contributed by atoms with Gasteiger partial charge in [0.1, 0.15) is 5.54 Å². The van der Waals surface area contributed by atoms with E-state index in [0.717, 1.165) is 35.2 Å². The number of carbonyl (C=O) groups is 3. The number of fused-ring (bicyclic) bond motifs is 7. The first-order valence-corrected chi connectivity index (χ1v) is 11.5. The zero-order valence-corrected chi connectivity index (χ0v) is 18.9. The fraction of sp³-hybridized carbons (Fsp3) is 0.375. The third-order valence-electron chi connectivity index (χ3n) is 7.79. The van der Waals surface area contributed by atoms with Gasteiger partial charge in [-0.05, 0) is 72.4 Å². The van der Waals surface area contributed by atoms with Gasteiger partial charge >= 0.3 is 0 Å². The molecule has 6 rings (SSSR count). The molecule has 4 heterocycles. The SMILES string of the molecule is Cc1ccc2c(c1C)NC(=O)C21C2C(=O)N(c3ccccc3Br)C(=O)C2C2CCCN21. The van der Waals surface area contributed by atoms with Crippen LogP contribution in [0, 0.1) is 25.7 Å². The molecule has 6 nitrogen and oxygen atoms in total. The Morgan fingerprint density at radius 1 is 1.06 bits per heavy atom. The fourth-order valence-corrected chi connectivity index (χ4v) is 6.85. The average molecular weight is 480 g/mol. The van der Waals surface area contributed by atoms with Gasteiger partial charge in [-0.2, -0.15) is 0 Å². The van der Waals surface area contributed by atoms with Crippen molar-refractivity contribution in [2.24, 2.45) is 11.8 Å². The van der Waals surface area contributed by atoms with Gasteiger partial charge in [-0.25, -0.2) is 4.90 Å². The molecule has 4 unspecified atom stereocenters. The van der Waals surface area contributed by atoms with Crippen LogP contribution in [0.3, 0.4) is 0 Å². The maximum Gasteiger partial charge on any atom is 0.250 e. The van der Waals surface area contributed by atoms with Gasteiger partial charge < -0.3 is 5.32 Å². The molecule has 0 aliphatic carbocycles. The van der Waals surface area contributed by atoms with Gasteiger partial charge in [-0.3, -0.25) is 19.3 Å².